The maximum atomic E-state index is 13.3. The summed E-state index contributed by atoms with van der Waals surface area (Å²) >= 11 is 0. The number of amides is 1. The number of nitrogens with zero attached hydrogens (tertiary/aromatic N) is 3. The van der Waals surface area contributed by atoms with Crippen LogP contribution in [0.2, 0.25) is 0 Å². The Labute approximate surface area is 136 Å². The highest BCUT2D eigenvalue weighted by atomic mass is 19.2. The van der Waals surface area contributed by atoms with Gasteiger partial charge >= 0.3 is 0 Å². The number of likely N-dealkylation sites (tertiary alicyclic amines) is 1. The first-order valence-corrected chi connectivity index (χ1v) is 7.66. The van der Waals surface area contributed by atoms with Crippen molar-refractivity contribution in [3.63, 3.8) is 0 Å². The minimum Gasteiger partial charge on any atom is -0.338 e. The van der Waals surface area contributed by atoms with Crippen LogP contribution in [0, 0.1) is 17.5 Å². The average Bonchev–Trinajstić information content (AvgIpc) is 3.08. The van der Waals surface area contributed by atoms with Gasteiger partial charge in [-0.3, -0.25) is 9.48 Å². The fourth-order valence-electron chi connectivity index (χ4n) is 2.88. The second kappa shape index (κ2) is 6.64. The molecule has 1 aliphatic heterocycles. The van der Waals surface area contributed by atoms with E-state index < -0.39 is 23.4 Å². The van der Waals surface area contributed by atoms with Gasteiger partial charge in [0.05, 0.1) is 12.2 Å². The Morgan fingerprint density at radius 3 is 2.38 bits per heavy atom. The summed E-state index contributed by atoms with van der Waals surface area (Å²) in [6, 6.07) is 1.61. The normalized spacial score (nSPS) is 15.8. The fraction of sp³-hybridized carbons (Fsp3) is 0.375. The lowest BCUT2D eigenvalue weighted by molar-refractivity contribution is 0.0688. The first-order chi connectivity index (χ1) is 11.5. The Morgan fingerprint density at radius 1 is 1.21 bits per heavy atom. The molecule has 128 valence electrons. The molecule has 2 heterocycles. The smallest absolute Gasteiger partial charge is 0.254 e. The van der Waals surface area contributed by atoms with Crippen LogP contribution < -0.4 is 5.73 Å². The van der Waals surface area contributed by atoms with Crippen molar-refractivity contribution in [3.8, 4) is 0 Å². The van der Waals surface area contributed by atoms with Crippen LogP contribution in [0.5, 0.6) is 0 Å². The number of nitrogens with two attached hydrogens (primary N) is 1. The zero-order valence-electron chi connectivity index (χ0n) is 12.9. The van der Waals surface area contributed by atoms with Crippen molar-refractivity contribution in [1.29, 1.82) is 0 Å². The molecule has 5 nitrogen and oxygen atoms in total. The van der Waals surface area contributed by atoms with Gasteiger partial charge < -0.3 is 10.6 Å². The first kappa shape index (κ1) is 16.5. The van der Waals surface area contributed by atoms with Gasteiger partial charge in [-0.05, 0) is 25.0 Å². The topological polar surface area (TPSA) is 64.2 Å². The molecule has 3 rings (SSSR count). The van der Waals surface area contributed by atoms with Gasteiger partial charge in [-0.2, -0.15) is 5.10 Å². The molecule has 1 fully saturated rings. The van der Waals surface area contributed by atoms with Crippen LogP contribution in [-0.4, -0.2) is 33.7 Å². The predicted molar refractivity (Wildman–Crippen MR) is 80.6 cm³/mol. The average molecular weight is 338 g/mol. The summed E-state index contributed by atoms with van der Waals surface area (Å²) in [4.78, 5) is 13.9. The van der Waals surface area contributed by atoms with Crippen LogP contribution in [0.25, 0.3) is 0 Å². The molecule has 0 saturated carbocycles. The summed E-state index contributed by atoms with van der Waals surface area (Å²) in [5.41, 5.74) is 6.31. The Morgan fingerprint density at radius 2 is 1.83 bits per heavy atom. The minimum atomic E-state index is -1.57. The number of carbonyl (C=O) groups excluding carboxylic acids is 1. The standard InChI is InChI=1S/C16H17F3N4O/c17-13-5-11(6-14(18)15(13)19)16(24)22-3-1-12(2-4-22)23-9-10(7-20)8-21-23/h5-6,8-9,12H,1-4,7,20H2. The van der Waals surface area contributed by atoms with Crippen LogP contribution in [-0.2, 0) is 6.54 Å². The van der Waals surface area contributed by atoms with Crippen LogP contribution in [0.15, 0.2) is 24.5 Å². The quantitative estimate of drug-likeness (QED) is 0.873. The van der Waals surface area contributed by atoms with E-state index in [1.54, 1.807) is 6.20 Å². The van der Waals surface area contributed by atoms with E-state index >= 15 is 0 Å². The SMILES string of the molecule is NCc1cnn(C2CCN(C(=O)c3cc(F)c(F)c(F)c3)CC2)c1. The largest absolute Gasteiger partial charge is 0.338 e. The van der Waals surface area contributed by atoms with Gasteiger partial charge in [-0.15, -0.1) is 0 Å². The number of hydrogen-bond donors (Lipinski definition) is 1. The molecule has 1 aliphatic rings. The van der Waals surface area contributed by atoms with Gasteiger partial charge in [0.25, 0.3) is 5.91 Å². The molecule has 0 bridgehead atoms. The molecule has 1 aromatic carbocycles. The van der Waals surface area contributed by atoms with Crippen molar-refractivity contribution >= 4 is 5.91 Å². The third-order valence-electron chi connectivity index (χ3n) is 4.25. The summed E-state index contributed by atoms with van der Waals surface area (Å²) in [6.07, 6.45) is 4.93. The minimum absolute atomic E-state index is 0.149. The van der Waals surface area contributed by atoms with Gasteiger partial charge in [0.15, 0.2) is 17.5 Å². The van der Waals surface area contributed by atoms with Crippen molar-refractivity contribution in [3.05, 3.63) is 53.1 Å². The maximum Gasteiger partial charge on any atom is 0.254 e. The molecule has 0 spiro atoms. The lowest BCUT2D eigenvalue weighted by Gasteiger charge is -2.32. The molecule has 0 aliphatic carbocycles. The molecule has 1 saturated heterocycles. The van der Waals surface area contributed by atoms with E-state index in [1.807, 2.05) is 10.9 Å². The summed E-state index contributed by atoms with van der Waals surface area (Å²) in [6.45, 7) is 1.28. The number of halogens is 3. The molecule has 2 aromatic rings. The molecule has 1 aromatic heterocycles. The Bertz CT molecular complexity index is 731. The number of benzene rings is 1. The highest BCUT2D eigenvalue weighted by Crippen LogP contribution is 2.24. The van der Waals surface area contributed by atoms with Crippen LogP contribution in [0.4, 0.5) is 13.2 Å². The van der Waals surface area contributed by atoms with Gasteiger partial charge in [-0.25, -0.2) is 13.2 Å². The Hall–Kier alpha value is -2.35. The van der Waals surface area contributed by atoms with Crippen molar-refractivity contribution in [2.45, 2.75) is 25.4 Å². The van der Waals surface area contributed by atoms with Gasteiger partial charge in [0.2, 0.25) is 0 Å². The van der Waals surface area contributed by atoms with E-state index in [0.717, 1.165) is 17.7 Å². The number of piperidine rings is 1. The molecule has 8 heteroatoms. The predicted octanol–water partition coefficient (Wildman–Crippen LogP) is 2.24. The molecule has 1 amide bonds. The van der Waals surface area contributed by atoms with E-state index in [9.17, 15) is 18.0 Å². The van der Waals surface area contributed by atoms with E-state index in [4.69, 9.17) is 5.73 Å². The van der Waals surface area contributed by atoms with Crippen molar-refractivity contribution < 1.29 is 18.0 Å². The highest BCUT2D eigenvalue weighted by Gasteiger charge is 2.26. The first-order valence-electron chi connectivity index (χ1n) is 7.66. The molecular formula is C16H17F3N4O. The zero-order chi connectivity index (χ0) is 17.3. The second-order valence-corrected chi connectivity index (χ2v) is 5.81. The summed E-state index contributed by atoms with van der Waals surface area (Å²) in [7, 11) is 0. The molecule has 0 atom stereocenters. The maximum absolute atomic E-state index is 13.3. The lowest BCUT2D eigenvalue weighted by Crippen LogP contribution is -2.39. The molecular weight excluding hydrogens is 321 g/mol. The number of rotatable bonds is 3. The van der Waals surface area contributed by atoms with Gasteiger partial charge in [0.1, 0.15) is 0 Å². The van der Waals surface area contributed by atoms with Crippen LogP contribution >= 0.6 is 0 Å². The summed E-state index contributed by atoms with van der Waals surface area (Å²) in [5.74, 6) is -4.80. The Balaban J connectivity index is 1.67. The molecule has 0 radical (unpaired) electrons. The van der Waals surface area contributed by atoms with Crippen molar-refractivity contribution in [1.82, 2.24) is 14.7 Å². The van der Waals surface area contributed by atoms with Crippen molar-refractivity contribution in [2.24, 2.45) is 5.73 Å². The number of carbonyl (C=O) groups is 1. The monoisotopic (exact) mass is 338 g/mol. The molecule has 0 unspecified atom stereocenters. The van der Waals surface area contributed by atoms with E-state index in [-0.39, 0.29) is 11.6 Å². The van der Waals surface area contributed by atoms with Gasteiger partial charge in [-0.1, -0.05) is 0 Å². The van der Waals surface area contributed by atoms with E-state index in [0.29, 0.717) is 32.5 Å². The van der Waals surface area contributed by atoms with E-state index in [1.165, 1.54) is 4.90 Å². The highest BCUT2D eigenvalue weighted by molar-refractivity contribution is 5.94. The zero-order valence-corrected chi connectivity index (χ0v) is 12.9. The second-order valence-electron chi connectivity index (χ2n) is 5.81. The lowest BCUT2D eigenvalue weighted by atomic mass is 10.0. The third-order valence-corrected chi connectivity index (χ3v) is 4.25. The van der Waals surface area contributed by atoms with Gasteiger partial charge in [0, 0.05) is 37.0 Å². The fourth-order valence-corrected chi connectivity index (χ4v) is 2.88. The van der Waals surface area contributed by atoms with Crippen LogP contribution in [0.3, 0.4) is 0 Å². The number of aromatic nitrogens is 2. The number of hydrogen-bond acceptors (Lipinski definition) is 3. The van der Waals surface area contributed by atoms with Crippen LogP contribution in [0.1, 0.15) is 34.8 Å². The van der Waals surface area contributed by atoms with E-state index in [2.05, 4.69) is 5.10 Å². The summed E-state index contributed by atoms with van der Waals surface area (Å²) < 4.78 is 41.4. The van der Waals surface area contributed by atoms with Crippen molar-refractivity contribution in [2.75, 3.05) is 13.1 Å². The summed E-state index contributed by atoms with van der Waals surface area (Å²) in [5, 5.41) is 4.26. The third kappa shape index (κ3) is 3.14. The molecule has 24 heavy (non-hydrogen) atoms. The molecule has 2 N–H and O–H groups in total. The Kier molecular flexibility index (Phi) is 4.57.